The van der Waals surface area contributed by atoms with E-state index in [-0.39, 0.29) is 30.3 Å². The zero-order chi connectivity index (χ0) is 20.6. The minimum absolute atomic E-state index is 0.00689. The van der Waals surface area contributed by atoms with Gasteiger partial charge in [-0.15, -0.1) is 11.3 Å². The summed E-state index contributed by atoms with van der Waals surface area (Å²) in [5.74, 6) is -0.0967. The highest BCUT2D eigenvalue weighted by atomic mass is 32.1. The van der Waals surface area contributed by atoms with E-state index in [1.807, 2.05) is 12.3 Å². The van der Waals surface area contributed by atoms with E-state index in [1.165, 1.54) is 16.2 Å². The minimum Gasteiger partial charge on any atom is -0.340 e. The van der Waals surface area contributed by atoms with Gasteiger partial charge in [-0.2, -0.15) is 0 Å². The highest BCUT2D eigenvalue weighted by Gasteiger charge is 2.54. The first-order valence-electron chi connectivity index (χ1n) is 10.5. The molecule has 0 aliphatic carbocycles. The summed E-state index contributed by atoms with van der Waals surface area (Å²) >= 11 is 1.53. The molecule has 1 spiro atoms. The number of piperidine rings is 1. The quantitative estimate of drug-likeness (QED) is 0.729. The van der Waals surface area contributed by atoms with Crippen LogP contribution in [0.15, 0.2) is 5.38 Å². The number of hydrogen-bond acceptors (Lipinski definition) is 6. The van der Waals surface area contributed by atoms with Crippen molar-refractivity contribution in [3.63, 3.8) is 0 Å². The largest absolute Gasteiger partial charge is 0.340 e. The molecule has 0 radical (unpaired) electrons. The molecule has 1 aromatic heterocycles. The van der Waals surface area contributed by atoms with Gasteiger partial charge in [0.1, 0.15) is 5.54 Å². The van der Waals surface area contributed by atoms with Crippen molar-refractivity contribution in [3.05, 3.63) is 16.1 Å². The predicted octanol–water partition coefficient (Wildman–Crippen LogP) is 1.39. The SMILES string of the molecule is CCCN1CCC2(CC1)NC(=O)N(C1CCN(C(=O)Cc3csc(C)n3)C1)C2=O. The molecule has 9 heteroatoms. The monoisotopic (exact) mass is 419 g/mol. The van der Waals surface area contributed by atoms with Crippen LogP contribution in [0.2, 0.25) is 0 Å². The van der Waals surface area contributed by atoms with Gasteiger partial charge >= 0.3 is 6.03 Å². The minimum atomic E-state index is -0.753. The van der Waals surface area contributed by atoms with E-state index in [9.17, 15) is 14.4 Å². The maximum absolute atomic E-state index is 13.2. The van der Waals surface area contributed by atoms with Crippen molar-refractivity contribution >= 4 is 29.2 Å². The Bertz CT molecular complexity index is 802. The Morgan fingerprint density at radius 3 is 2.72 bits per heavy atom. The number of aromatic nitrogens is 1. The lowest BCUT2D eigenvalue weighted by atomic mass is 9.87. The van der Waals surface area contributed by atoms with Crippen molar-refractivity contribution in [2.75, 3.05) is 32.7 Å². The van der Waals surface area contributed by atoms with E-state index in [2.05, 4.69) is 22.1 Å². The van der Waals surface area contributed by atoms with Crippen LogP contribution in [0, 0.1) is 6.92 Å². The summed E-state index contributed by atoms with van der Waals surface area (Å²) in [6.07, 6.45) is 3.32. The maximum atomic E-state index is 13.2. The van der Waals surface area contributed by atoms with Gasteiger partial charge in [0.15, 0.2) is 0 Å². The van der Waals surface area contributed by atoms with Gasteiger partial charge in [-0.3, -0.25) is 14.5 Å². The normalized spacial score (nSPS) is 24.6. The molecule has 3 saturated heterocycles. The molecule has 158 valence electrons. The lowest BCUT2D eigenvalue weighted by Gasteiger charge is -2.37. The van der Waals surface area contributed by atoms with E-state index in [1.54, 1.807) is 4.90 Å². The summed E-state index contributed by atoms with van der Waals surface area (Å²) in [6.45, 7) is 7.74. The first-order valence-corrected chi connectivity index (χ1v) is 11.4. The van der Waals surface area contributed by atoms with Crippen molar-refractivity contribution in [3.8, 4) is 0 Å². The molecule has 4 amide bonds. The van der Waals surface area contributed by atoms with Crippen molar-refractivity contribution in [2.45, 2.75) is 57.5 Å². The molecule has 1 atom stereocenters. The Kier molecular flexibility index (Phi) is 5.61. The summed E-state index contributed by atoms with van der Waals surface area (Å²) in [6, 6.07) is -0.537. The molecular weight excluding hydrogens is 390 g/mol. The number of carbonyl (C=O) groups excluding carboxylic acids is 3. The number of thiazole rings is 1. The highest BCUT2D eigenvalue weighted by Crippen LogP contribution is 2.32. The summed E-state index contributed by atoms with van der Waals surface area (Å²) in [4.78, 5) is 48.4. The van der Waals surface area contributed by atoms with Crippen LogP contribution in [0.5, 0.6) is 0 Å². The molecule has 3 fully saturated rings. The summed E-state index contributed by atoms with van der Waals surface area (Å²) in [5.41, 5.74) is 0.0328. The number of rotatable bonds is 5. The van der Waals surface area contributed by atoms with Gasteiger partial charge in [0.2, 0.25) is 5.91 Å². The average molecular weight is 420 g/mol. The third-order valence-corrected chi connectivity index (χ3v) is 7.15. The topological polar surface area (TPSA) is 85.8 Å². The second-order valence-electron chi connectivity index (χ2n) is 8.35. The van der Waals surface area contributed by atoms with Crippen LogP contribution in [0.25, 0.3) is 0 Å². The molecule has 3 aliphatic heterocycles. The van der Waals surface area contributed by atoms with Crippen molar-refractivity contribution in [2.24, 2.45) is 0 Å². The van der Waals surface area contributed by atoms with Crippen LogP contribution >= 0.6 is 11.3 Å². The zero-order valence-corrected chi connectivity index (χ0v) is 18.0. The number of hydrogen-bond donors (Lipinski definition) is 1. The first kappa shape index (κ1) is 20.3. The van der Waals surface area contributed by atoms with Gasteiger partial charge < -0.3 is 15.1 Å². The van der Waals surface area contributed by atoms with E-state index in [4.69, 9.17) is 0 Å². The fraction of sp³-hybridized carbons (Fsp3) is 0.700. The first-order chi connectivity index (χ1) is 13.9. The Hall–Kier alpha value is -2.00. The molecule has 1 aromatic rings. The third-order valence-electron chi connectivity index (χ3n) is 6.32. The van der Waals surface area contributed by atoms with Gasteiger partial charge in [-0.25, -0.2) is 9.78 Å². The standard InChI is InChI=1S/C20H29N5O3S/c1-3-7-23-9-5-20(6-10-23)18(27)25(19(28)22-20)16-4-8-24(12-16)17(26)11-15-13-29-14(2)21-15/h13,16H,3-12H2,1-2H3,(H,22,28). The van der Waals surface area contributed by atoms with Crippen LogP contribution in [-0.2, 0) is 16.0 Å². The van der Waals surface area contributed by atoms with E-state index < -0.39 is 5.54 Å². The van der Waals surface area contributed by atoms with Crippen molar-refractivity contribution < 1.29 is 14.4 Å². The van der Waals surface area contributed by atoms with Gasteiger partial charge in [0.05, 0.1) is 23.2 Å². The molecule has 0 saturated carbocycles. The fourth-order valence-electron chi connectivity index (χ4n) is 4.72. The molecular formula is C20H29N5O3S. The second-order valence-corrected chi connectivity index (χ2v) is 9.41. The molecule has 4 rings (SSSR count). The van der Waals surface area contributed by atoms with Crippen LogP contribution in [0.3, 0.4) is 0 Å². The number of urea groups is 1. The van der Waals surface area contributed by atoms with Gasteiger partial charge in [-0.05, 0) is 39.2 Å². The summed E-state index contributed by atoms with van der Waals surface area (Å²) in [5, 5.41) is 5.85. The zero-order valence-electron chi connectivity index (χ0n) is 17.1. The molecule has 8 nitrogen and oxygen atoms in total. The lowest BCUT2D eigenvalue weighted by molar-refractivity contribution is -0.135. The average Bonchev–Trinajstić information content (AvgIpc) is 3.38. The Morgan fingerprint density at radius 1 is 1.31 bits per heavy atom. The second kappa shape index (κ2) is 8.02. The van der Waals surface area contributed by atoms with E-state index in [0.29, 0.717) is 32.4 Å². The van der Waals surface area contributed by atoms with Crippen LogP contribution in [0.1, 0.15) is 43.3 Å². The maximum Gasteiger partial charge on any atom is 0.325 e. The van der Waals surface area contributed by atoms with Gasteiger partial charge in [0.25, 0.3) is 5.91 Å². The van der Waals surface area contributed by atoms with Crippen molar-refractivity contribution in [1.29, 1.82) is 0 Å². The highest BCUT2D eigenvalue weighted by molar-refractivity contribution is 7.09. The number of imide groups is 1. The smallest absolute Gasteiger partial charge is 0.325 e. The van der Waals surface area contributed by atoms with Gasteiger partial charge in [0, 0.05) is 31.6 Å². The van der Waals surface area contributed by atoms with E-state index >= 15 is 0 Å². The molecule has 0 bridgehead atoms. The number of likely N-dealkylation sites (tertiary alicyclic amines) is 2. The fourth-order valence-corrected chi connectivity index (χ4v) is 5.33. The van der Waals surface area contributed by atoms with Gasteiger partial charge in [-0.1, -0.05) is 6.92 Å². The third kappa shape index (κ3) is 3.90. The number of aryl methyl sites for hydroxylation is 1. The molecule has 3 aliphatic rings. The van der Waals surface area contributed by atoms with Crippen LogP contribution in [0.4, 0.5) is 4.79 Å². The van der Waals surface area contributed by atoms with E-state index in [0.717, 1.165) is 36.8 Å². The lowest BCUT2D eigenvalue weighted by Crippen LogP contribution is -2.55. The number of amides is 4. The summed E-state index contributed by atoms with van der Waals surface area (Å²) in [7, 11) is 0. The molecule has 1 unspecified atom stereocenters. The molecule has 4 heterocycles. The number of carbonyl (C=O) groups is 3. The number of nitrogens with zero attached hydrogens (tertiary/aromatic N) is 4. The number of nitrogens with one attached hydrogen (secondary N) is 1. The Morgan fingerprint density at radius 2 is 2.07 bits per heavy atom. The van der Waals surface area contributed by atoms with Crippen molar-refractivity contribution in [1.82, 2.24) is 25.0 Å². The molecule has 29 heavy (non-hydrogen) atoms. The van der Waals surface area contributed by atoms with Crippen LogP contribution in [-0.4, -0.2) is 81.8 Å². The predicted molar refractivity (Wildman–Crippen MR) is 110 cm³/mol. The Balaban J connectivity index is 1.37. The molecule has 0 aromatic carbocycles. The molecule has 1 N–H and O–H groups in total. The summed E-state index contributed by atoms with van der Waals surface area (Å²) < 4.78 is 0. The Labute approximate surface area is 175 Å². The van der Waals surface area contributed by atoms with Crippen LogP contribution < -0.4 is 5.32 Å².